The molecule has 5 nitrogen and oxygen atoms in total. The van der Waals surface area contributed by atoms with E-state index in [4.69, 9.17) is 9.84 Å². The number of amides is 1. The molecule has 5 heteroatoms. The first kappa shape index (κ1) is 15.7. The molecule has 0 spiro atoms. The lowest BCUT2D eigenvalue weighted by atomic mass is 9.98. The van der Waals surface area contributed by atoms with E-state index >= 15 is 0 Å². The second kappa shape index (κ2) is 8.69. The Morgan fingerprint density at radius 3 is 2.58 bits per heavy atom. The molecule has 1 aliphatic heterocycles. The summed E-state index contributed by atoms with van der Waals surface area (Å²) in [4.78, 5) is 24.9. The number of carboxylic acids is 1. The van der Waals surface area contributed by atoms with Gasteiger partial charge in [-0.2, -0.15) is 0 Å². The van der Waals surface area contributed by atoms with E-state index in [1.54, 1.807) is 4.90 Å². The van der Waals surface area contributed by atoms with Crippen LogP contribution in [0.1, 0.15) is 32.6 Å². The fraction of sp³-hybridized carbons (Fsp3) is 0.714. The van der Waals surface area contributed by atoms with Crippen LogP contribution < -0.4 is 0 Å². The maximum Gasteiger partial charge on any atom is 0.304 e. The Bertz CT molecular complexity index is 321. The highest BCUT2D eigenvalue weighted by atomic mass is 16.5. The average Bonchev–Trinajstić information content (AvgIpc) is 2.42. The lowest BCUT2D eigenvalue weighted by molar-refractivity contribution is -0.146. The zero-order valence-corrected chi connectivity index (χ0v) is 11.5. The van der Waals surface area contributed by atoms with E-state index in [0.29, 0.717) is 32.7 Å². The van der Waals surface area contributed by atoms with Crippen LogP contribution in [-0.4, -0.2) is 48.2 Å². The summed E-state index contributed by atoms with van der Waals surface area (Å²) in [5.41, 5.74) is 0. The van der Waals surface area contributed by atoms with E-state index in [0.717, 1.165) is 12.8 Å². The Morgan fingerprint density at radius 2 is 2.00 bits per heavy atom. The summed E-state index contributed by atoms with van der Waals surface area (Å²) < 4.78 is 5.20. The van der Waals surface area contributed by atoms with Gasteiger partial charge >= 0.3 is 5.97 Å². The molecule has 1 N–H and O–H groups in total. The smallest absolute Gasteiger partial charge is 0.304 e. The number of allylic oxidation sites excluding steroid dienone is 2. The summed E-state index contributed by atoms with van der Waals surface area (Å²) in [5, 5.41) is 8.91. The van der Waals surface area contributed by atoms with Gasteiger partial charge in [0, 0.05) is 13.1 Å². The first-order valence-electron chi connectivity index (χ1n) is 6.88. The summed E-state index contributed by atoms with van der Waals surface area (Å²) in [6, 6.07) is 0. The quantitative estimate of drug-likeness (QED) is 0.714. The Morgan fingerprint density at radius 1 is 1.32 bits per heavy atom. The molecule has 0 bridgehead atoms. The van der Waals surface area contributed by atoms with Gasteiger partial charge < -0.3 is 14.7 Å². The largest absolute Gasteiger partial charge is 0.481 e. The zero-order chi connectivity index (χ0) is 14.1. The fourth-order valence-electron chi connectivity index (χ4n) is 2.07. The Balaban J connectivity index is 2.55. The van der Waals surface area contributed by atoms with Gasteiger partial charge in [0.25, 0.3) is 0 Å². The van der Waals surface area contributed by atoms with Crippen molar-refractivity contribution in [2.75, 3.05) is 26.3 Å². The van der Waals surface area contributed by atoms with Crippen molar-refractivity contribution in [1.82, 2.24) is 4.90 Å². The lowest BCUT2D eigenvalue weighted by Gasteiger charge is -2.29. The van der Waals surface area contributed by atoms with Gasteiger partial charge in [-0.25, -0.2) is 0 Å². The molecule has 0 aromatic rings. The van der Waals surface area contributed by atoms with Gasteiger partial charge in [0.1, 0.15) is 0 Å². The molecule has 1 heterocycles. The van der Waals surface area contributed by atoms with Crippen molar-refractivity contribution in [3.05, 3.63) is 12.2 Å². The monoisotopic (exact) mass is 269 g/mol. The van der Waals surface area contributed by atoms with Crippen LogP contribution in [0.25, 0.3) is 0 Å². The van der Waals surface area contributed by atoms with Crippen LogP contribution in [0, 0.1) is 5.92 Å². The molecule has 1 fully saturated rings. The predicted octanol–water partition coefficient (Wildman–Crippen LogP) is 1.68. The van der Waals surface area contributed by atoms with Crippen LogP contribution >= 0.6 is 0 Å². The topological polar surface area (TPSA) is 66.8 Å². The molecular formula is C14H23NO4. The van der Waals surface area contributed by atoms with Crippen LogP contribution in [0.2, 0.25) is 0 Å². The third-order valence-corrected chi connectivity index (χ3v) is 3.14. The molecule has 0 radical (unpaired) electrons. The van der Waals surface area contributed by atoms with Gasteiger partial charge in [0.2, 0.25) is 5.91 Å². The van der Waals surface area contributed by atoms with Gasteiger partial charge in [-0.1, -0.05) is 25.5 Å². The Kier molecular flexibility index (Phi) is 7.18. The van der Waals surface area contributed by atoms with Crippen LogP contribution in [0.4, 0.5) is 0 Å². The Hall–Kier alpha value is -1.36. The van der Waals surface area contributed by atoms with E-state index < -0.39 is 11.9 Å². The molecule has 0 aliphatic carbocycles. The number of ether oxygens (including phenoxy) is 1. The molecular weight excluding hydrogens is 246 g/mol. The summed E-state index contributed by atoms with van der Waals surface area (Å²) in [7, 11) is 0. The number of nitrogens with zero attached hydrogens (tertiary/aromatic N) is 1. The van der Waals surface area contributed by atoms with Gasteiger partial charge in [-0.3, -0.25) is 9.59 Å². The summed E-state index contributed by atoms with van der Waals surface area (Å²) in [5.74, 6) is -1.44. The minimum absolute atomic E-state index is 0.0631. The number of hydrogen-bond donors (Lipinski definition) is 1. The number of carbonyl (C=O) groups is 2. The van der Waals surface area contributed by atoms with Crippen LogP contribution in [0.5, 0.6) is 0 Å². The highest BCUT2D eigenvalue weighted by molar-refractivity contribution is 5.83. The normalized spacial score (nSPS) is 17.6. The number of unbranched alkanes of at least 4 members (excludes halogenated alkanes) is 1. The maximum absolute atomic E-state index is 12.3. The van der Waals surface area contributed by atoms with Crippen molar-refractivity contribution < 1.29 is 19.4 Å². The molecule has 1 unspecified atom stereocenters. The molecule has 1 rings (SSSR count). The summed E-state index contributed by atoms with van der Waals surface area (Å²) in [6.07, 6.45) is 6.36. The third-order valence-electron chi connectivity index (χ3n) is 3.14. The summed E-state index contributed by atoms with van der Waals surface area (Å²) in [6.45, 7) is 4.29. The van der Waals surface area contributed by atoms with E-state index in [1.165, 1.54) is 0 Å². The standard InChI is InChI=1S/C14H23NO4/c1-2-3-4-5-6-12(11-13(16)17)14(18)15-7-9-19-10-8-15/h4-5,12H,2-3,6-11H2,1H3,(H,16,17)/b5-4+. The van der Waals surface area contributed by atoms with Crippen molar-refractivity contribution in [3.8, 4) is 0 Å². The first-order chi connectivity index (χ1) is 9.15. The van der Waals surface area contributed by atoms with E-state index in [2.05, 4.69) is 6.92 Å². The van der Waals surface area contributed by atoms with Crippen molar-refractivity contribution in [2.45, 2.75) is 32.6 Å². The molecule has 1 aliphatic rings. The van der Waals surface area contributed by atoms with Gasteiger partial charge in [0.15, 0.2) is 0 Å². The van der Waals surface area contributed by atoms with Crippen molar-refractivity contribution in [3.63, 3.8) is 0 Å². The molecule has 0 aromatic heterocycles. The van der Waals surface area contributed by atoms with Crippen LogP contribution in [-0.2, 0) is 14.3 Å². The number of hydrogen-bond acceptors (Lipinski definition) is 3. The van der Waals surface area contributed by atoms with Crippen LogP contribution in [0.15, 0.2) is 12.2 Å². The zero-order valence-electron chi connectivity index (χ0n) is 11.5. The number of aliphatic carboxylic acids is 1. The number of carboxylic acid groups (broad SMARTS) is 1. The molecule has 0 aromatic carbocycles. The minimum atomic E-state index is -0.921. The number of morpholine rings is 1. The third kappa shape index (κ3) is 5.87. The maximum atomic E-state index is 12.3. The number of rotatable bonds is 7. The highest BCUT2D eigenvalue weighted by Crippen LogP contribution is 2.15. The van der Waals surface area contributed by atoms with Gasteiger partial charge in [0.05, 0.1) is 25.6 Å². The molecule has 1 atom stereocenters. The molecule has 1 amide bonds. The molecule has 19 heavy (non-hydrogen) atoms. The minimum Gasteiger partial charge on any atom is -0.481 e. The average molecular weight is 269 g/mol. The molecule has 108 valence electrons. The van der Waals surface area contributed by atoms with Crippen molar-refractivity contribution >= 4 is 11.9 Å². The highest BCUT2D eigenvalue weighted by Gasteiger charge is 2.26. The SMILES string of the molecule is CCC/C=C/CC(CC(=O)O)C(=O)N1CCOCC1. The second-order valence-corrected chi connectivity index (χ2v) is 4.73. The lowest BCUT2D eigenvalue weighted by Crippen LogP contribution is -2.44. The predicted molar refractivity (Wildman–Crippen MR) is 71.8 cm³/mol. The van der Waals surface area contributed by atoms with Crippen molar-refractivity contribution in [1.29, 1.82) is 0 Å². The molecule has 1 saturated heterocycles. The van der Waals surface area contributed by atoms with E-state index in [1.807, 2.05) is 12.2 Å². The van der Waals surface area contributed by atoms with E-state index in [-0.39, 0.29) is 12.3 Å². The first-order valence-corrected chi connectivity index (χ1v) is 6.88. The van der Waals surface area contributed by atoms with Crippen LogP contribution in [0.3, 0.4) is 0 Å². The van der Waals surface area contributed by atoms with E-state index in [9.17, 15) is 9.59 Å². The second-order valence-electron chi connectivity index (χ2n) is 4.73. The fourth-order valence-corrected chi connectivity index (χ4v) is 2.07. The van der Waals surface area contributed by atoms with Gasteiger partial charge in [-0.15, -0.1) is 0 Å². The van der Waals surface area contributed by atoms with Crippen molar-refractivity contribution in [2.24, 2.45) is 5.92 Å². The molecule has 0 saturated carbocycles. The Labute approximate surface area is 114 Å². The number of carbonyl (C=O) groups excluding carboxylic acids is 1. The van der Waals surface area contributed by atoms with Gasteiger partial charge in [-0.05, 0) is 12.8 Å². The summed E-state index contributed by atoms with van der Waals surface area (Å²) >= 11 is 0.